The number of thiophene rings is 1. The lowest BCUT2D eigenvalue weighted by Gasteiger charge is -2.11. The topological polar surface area (TPSA) is 38.0 Å². The molecule has 0 saturated heterocycles. The molecule has 1 aromatic heterocycles. The second-order valence-electron chi connectivity index (χ2n) is 3.69. The van der Waals surface area contributed by atoms with Crippen molar-refractivity contribution in [3.63, 3.8) is 0 Å². The summed E-state index contributed by atoms with van der Waals surface area (Å²) in [7, 11) is 0. The molecule has 2 aromatic rings. The lowest BCUT2D eigenvalue weighted by molar-refractivity contribution is 0.518. The molecular formula is C12H16N2S. The number of fused-ring (bicyclic) bond motifs is 1. The van der Waals surface area contributed by atoms with E-state index in [-0.39, 0.29) is 0 Å². The van der Waals surface area contributed by atoms with Crippen LogP contribution in [-0.2, 0) is 0 Å². The molecule has 1 unspecified atom stereocenters. The Morgan fingerprint density at radius 3 is 2.87 bits per heavy atom. The molecule has 2 nitrogen and oxygen atoms in total. The van der Waals surface area contributed by atoms with Crippen LogP contribution in [0, 0.1) is 0 Å². The number of nitrogens with one attached hydrogen (secondary N) is 1. The molecular weight excluding hydrogens is 204 g/mol. The molecule has 0 aliphatic carbocycles. The van der Waals surface area contributed by atoms with E-state index in [0.717, 1.165) is 12.8 Å². The molecule has 0 fully saturated rings. The van der Waals surface area contributed by atoms with E-state index in [4.69, 9.17) is 5.84 Å². The van der Waals surface area contributed by atoms with Crippen molar-refractivity contribution in [3.8, 4) is 0 Å². The molecule has 0 radical (unpaired) electrons. The summed E-state index contributed by atoms with van der Waals surface area (Å²) in [5, 5.41) is 1.31. The Kier molecular flexibility index (Phi) is 3.36. The molecule has 3 heteroatoms. The van der Waals surface area contributed by atoms with Gasteiger partial charge < -0.3 is 0 Å². The zero-order valence-corrected chi connectivity index (χ0v) is 9.68. The van der Waals surface area contributed by atoms with Crippen molar-refractivity contribution in [1.82, 2.24) is 5.43 Å². The highest BCUT2D eigenvalue weighted by molar-refractivity contribution is 7.19. The highest BCUT2D eigenvalue weighted by Crippen LogP contribution is 2.31. The minimum Gasteiger partial charge on any atom is -0.271 e. The fourth-order valence-corrected chi connectivity index (χ4v) is 2.93. The van der Waals surface area contributed by atoms with E-state index in [9.17, 15) is 0 Å². The Labute approximate surface area is 94.1 Å². The fraction of sp³-hybridized carbons (Fsp3) is 0.333. The first-order chi connectivity index (χ1) is 7.35. The van der Waals surface area contributed by atoms with Crippen LogP contribution in [0.1, 0.15) is 30.7 Å². The third-order valence-corrected chi connectivity index (χ3v) is 3.80. The number of hydrazine groups is 1. The first-order valence-electron chi connectivity index (χ1n) is 5.29. The van der Waals surface area contributed by atoms with Crippen molar-refractivity contribution in [1.29, 1.82) is 0 Å². The lowest BCUT2D eigenvalue weighted by Crippen LogP contribution is -2.27. The van der Waals surface area contributed by atoms with Crippen molar-refractivity contribution in [2.24, 2.45) is 5.84 Å². The third-order valence-electron chi connectivity index (χ3n) is 2.57. The molecule has 0 aliphatic heterocycles. The maximum Gasteiger partial charge on any atom is 0.0553 e. The van der Waals surface area contributed by atoms with E-state index >= 15 is 0 Å². The predicted octanol–water partition coefficient (Wildman–Crippen LogP) is 3.21. The first kappa shape index (κ1) is 10.6. The molecule has 80 valence electrons. The van der Waals surface area contributed by atoms with Gasteiger partial charge in [-0.3, -0.25) is 11.3 Å². The van der Waals surface area contributed by atoms with Gasteiger partial charge in [0.25, 0.3) is 0 Å². The summed E-state index contributed by atoms with van der Waals surface area (Å²) in [5.41, 5.74) is 2.89. The van der Waals surface area contributed by atoms with Crippen LogP contribution < -0.4 is 11.3 Å². The number of hydrogen-bond donors (Lipinski definition) is 2. The van der Waals surface area contributed by atoms with E-state index in [1.54, 1.807) is 0 Å². The first-order valence-corrected chi connectivity index (χ1v) is 6.11. The van der Waals surface area contributed by atoms with E-state index in [1.165, 1.54) is 15.0 Å². The van der Waals surface area contributed by atoms with Crippen LogP contribution in [0.15, 0.2) is 30.3 Å². The van der Waals surface area contributed by atoms with Crippen LogP contribution in [0.5, 0.6) is 0 Å². The van der Waals surface area contributed by atoms with Gasteiger partial charge in [0.05, 0.1) is 6.04 Å². The summed E-state index contributed by atoms with van der Waals surface area (Å²) in [5.74, 6) is 5.57. The smallest absolute Gasteiger partial charge is 0.0553 e. The highest BCUT2D eigenvalue weighted by Gasteiger charge is 2.11. The van der Waals surface area contributed by atoms with Gasteiger partial charge in [-0.05, 0) is 23.9 Å². The molecule has 2 rings (SSSR count). The van der Waals surface area contributed by atoms with Gasteiger partial charge in [0.15, 0.2) is 0 Å². The van der Waals surface area contributed by atoms with Crippen molar-refractivity contribution >= 4 is 21.4 Å². The predicted molar refractivity (Wildman–Crippen MR) is 66.8 cm³/mol. The Balaban J connectivity index is 2.34. The average Bonchev–Trinajstić information content (AvgIpc) is 2.69. The summed E-state index contributed by atoms with van der Waals surface area (Å²) in [4.78, 5) is 1.33. The van der Waals surface area contributed by atoms with Gasteiger partial charge in [-0.1, -0.05) is 31.5 Å². The Hall–Kier alpha value is -0.900. The molecule has 1 heterocycles. The van der Waals surface area contributed by atoms with Gasteiger partial charge in [0.2, 0.25) is 0 Å². The van der Waals surface area contributed by atoms with Crippen LogP contribution in [0.3, 0.4) is 0 Å². The summed E-state index contributed by atoms with van der Waals surface area (Å²) < 4.78 is 1.34. The third kappa shape index (κ3) is 2.20. The van der Waals surface area contributed by atoms with Gasteiger partial charge in [0.1, 0.15) is 0 Å². The fourth-order valence-electron chi connectivity index (χ4n) is 1.77. The van der Waals surface area contributed by atoms with Gasteiger partial charge in [0, 0.05) is 9.58 Å². The van der Waals surface area contributed by atoms with Gasteiger partial charge in [-0.25, -0.2) is 0 Å². The monoisotopic (exact) mass is 220 g/mol. The van der Waals surface area contributed by atoms with Crippen molar-refractivity contribution in [2.75, 3.05) is 0 Å². The number of hydrogen-bond acceptors (Lipinski definition) is 3. The second kappa shape index (κ2) is 4.75. The van der Waals surface area contributed by atoms with Gasteiger partial charge in [-0.15, -0.1) is 11.3 Å². The normalized spacial score (nSPS) is 13.2. The summed E-state index contributed by atoms with van der Waals surface area (Å²) >= 11 is 1.83. The van der Waals surface area contributed by atoms with Crippen molar-refractivity contribution < 1.29 is 0 Å². The zero-order valence-electron chi connectivity index (χ0n) is 8.86. The van der Waals surface area contributed by atoms with Crippen molar-refractivity contribution in [3.05, 3.63) is 35.2 Å². The quantitative estimate of drug-likeness (QED) is 0.613. The van der Waals surface area contributed by atoms with Crippen LogP contribution in [0.4, 0.5) is 0 Å². The molecule has 0 spiro atoms. The Morgan fingerprint density at radius 1 is 1.40 bits per heavy atom. The summed E-state index contributed by atoms with van der Waals surface area (Å²) in [6.07, 6.45) is 2.23. The largest absolute Gasteiger partial charge is 0.271 e. The maximum absolute atomic E-state index is 5.57. The molecule has 1 aromatic carbocycles. The molecule has 15 heavy (non-hydrogen) atoms. The second-order valence-corrected chi connectivity index (χ2v) is 4.81. The standard InChI is InChI=1S/C12H16N2S/c1-2-5-10(14-13)12-8-9-6-3-4-7-11(9)15-12/h3-4,6-8,10,14H,2,5,13H2,1H3. The van der Waals surface area contributed by atoms with E-state index in [2.05, 4.69) is 42.7 Å². The van der Waals surface area contributed by atoms with Crippen LogP contribution in [0.25, 0.3) is 10.1 Å². The minimum absolute atomic E-state index is 0.299. The molecule has 0 bridgehead atoms. The summed E-state index contributed by atoms with van der Waals surface area (Å²) in [6, 6.07) is 11.0. The van der Waals surface area contributed by atoms with Gasteiger partial charge in [-0.2, -0.15) is 0 Å². The van der Waals surface area contributed by atoms with Crippen LogP contribution >= 0.6 is 11.3 Å². The SMILES string of the molecule is CCCC(NN)c1cc2ccccc2s1. The highest BCUT2D eigenvalue weighted by atomic mass is 32.1. The zero-order chi connectivity index (χ0) is 10.7. The molecule has 0 aliphatic rings. The number of rotatable bonds is 4. The summed E-state index contributed by atoms with van der Waals surface area (Å²) in [6.45, 7) is 2.18. The Morgan fingerprint density at radius 2 is 2.20 bits per heavy atom. The lowest BCUT2D eigenvalue weighted by atomic mass is 10.1. The van der Waals surface area contributed by atoms with E-state index in [1.807, 2.05) is 11.3 Å². The van der Waals surface area contributed by atoms with Gasteiger partial charge >= 0.3 is 0 Å². The molecule has 3 N–H and O–H groups in total. The molecule has 0 saturated carbocycles. The number of benzene rings is 1. The molecule has 0 amide bonds. The van der Waals surface area contributed by atoms with E-state index < -0.39 is 0 Å². The molecule has 1 atom stereocenters. The average molecular weight is 220 g/mol. The van der Waals surface area contributed by atoms with E-state index in [0.29, 0.717) is 6.04 Å². The van der Waals surface area contributed by atoms with Crippen LogP contribution in [-0.4, -0.2) is 0 Å². The van der Waals surface area contributed by atoms with Crippen LogP contribution in [0.2, 0.25) is 0 Å². The number of nitrogens with two attached hydrogens (primary N) is 1. The maximum atomic E-state index is 5.57. The Bertz CT molecular complexity index is 403. The van der Waals surface area contributed by atoms with Crippen molar-refractivity contribution in [2.45, 2.75) is 25.8 Å². The minimum atomic E-state index is 0.299.